The van der Waals surface area contributed by atoms with E-state index in [9.17, 15) is 4.79 Å². The van der Waals surface area contributed by atoms with Crippen molar-refractivity contribution in [2.24, 2.45) is 5.92 Å². The van der Waals surface area contributed by atoms with E-state index in [1.807, 2.05) is 6.92 Å². The van der Waals surface area contributed by atoms with Crippen molar-refractivity contribution in [3.8, 4) is 0 Å². The summed E-state index contributed by atoms with van der Waals surface area (Å²) in [4.78, 5) is 15.6. The van der Waals surface area contributed by atoms with E-state index in [1.54, 1.807) is 11.3 Å². The van der Waals surface area contributed by atoms with Gasteiger partial charge in [-0.2, -0.15) is 0 Å². The molecule has 0 amide bonds. The van der Waals surface area contributed by atoms with Crippen molar-refractivity contribution in [3.63, 3.8) is 0 Å². The van der Waals surface area contributed by atoms with Crippen LogP contribution in [0.3, 0.4) is 0 Å². The summed E-state index contributed by atoms with van der Waals surface area (Å²) in [5, 5.41) is 12.1. The van der Waals surface area contributed by atoms with Crippen molar-refractivity contribution in [2.75, 3.05) is 13.2 Å². The Labute approximate surface area is 111 Å². The first-order valence-corrected chi connectivity index (χ1v) is 7.33. The van der Waals surface area contributed by atoms with Crippen LogP contribution in [0, 0.1) is 5.92 Å². The molecular weight excluding hydrogens is 250 g/mol. The first kappa shape index (κ1) is 13.5. The molecular formula is C13H19NO3S. The van der Waals surface area contributed by atoms with Crippen LogP contribution in [0.1, 0.15) is 42.8 Å². The molecule has 1 atom stereocenters. The van der Waals surface area contributed by atoms with Gasteiger partial charge in [0.1, 0.15) is 0 Å². The fraction of sp³-hybridized carbons (Fsp3) is 0.692. The molecule has 1 saturated heterocycles. The molecule has 2 rings (SSSR count). The SMILES string of the molecule is CCC(Cc1nc(C2CCOCC2)cs1)C(=O)O. The highest BCUT2D eigenvalue weighted by molar-refractivity contribution is 7.09. The predicted octanol–water partition coefficient (Wildman–Crippen LogP) is 2.69. The third kappa shape index (κ3) is 3.29. The van der Waals surface area contributed by atoms with Crippen LogP contribution in [0.15, 0.2) is 5.38 Å². The molecule has 1 fully saturated rings. The van der Waals surface area contributed by atoms with Gasteiger partial charge in [-0.15, -0.1) is 11.3 Å². The van der Waals surface area contributed by atoms with E-state index in [-0.39, 0.29) is 5.92 Å². The maximum absolute atomic E-state index is 11.0. The summed E-state index contributed by atoms with van der Waals surface area (Å²) in [7, 11) is 0. The van der Waals surface area contributed by atoms with Crippen molar-refractivity contribution in [3.05, 3.63) is 16.1 Å². The number of aromatic nitrogens is 1. The Morgan fingerprint density at radius 3 is 2.94 bits per heavy atom. The topological polar surface area (TPSA) is 59.4 Å². The molecule has 4 nitrogen and oxygen atoms in total. The van der Waals surface area contributed by atoms with Crippen LogP contribution in [-0.4, -0.2) is 29.3 Å². The van der Waals surface area contributed by atoms with Gasteiger partial charge in [0.05, 0.1) is 16.6 Å². The van der Waals surface area contributed by atoms with Crippen molar-refractivity contribution in [1.82, 2.24) is 4.98 Å². The van der Waals surface area contributed by atoms with E-state index in [2.05, 4.69) is 10.4 Å². The molecule has 1 N–H and O–H groups in total. The largest absolute Gasteiger partial charge is 0.481 e. The molecule has 0 aliphatic carbocycles. The summed E-state index contributed by atoms with van der Waals surface area (Å²) in [6, 6.07) is 0. The number of thiazole rings is 1. The van der Waals surface area contributed by atoms with E-state index in [4.69, 9.17) is 9.84 Å². The van der Waals surface area contributed by atoms with Crippen LogP contribution in [0.4, 0.5) is 0 Å². The molecule has 0 saturated carbocycles. The third-order valence-electron chi connectivity index (χ3n) is 3.47. The van der Waals surface area contributed by atoms with Crippen LogP contribution in [0.25, 0.3) is 0 Å². The van der Waals surface area contributed by atoms with Gasteiger partial charge in [-0.05, 0) is 19.3 Å². The lowest BCUT2D eigenvalue weighted by Crippen LogP contribution is -2.16. The lowest BCUT2D eigenvalue weighted by atomic mass is 9.97. The zero-order chi connectivity index (χ0) is 13.0. The van der Waals surface area contributed by atoms with Crippen LogP contribution in [-0.2, 0) is 16.0 Å². The minimum atomic E-state index is -0.722. The Hall–Kier alpha value is -0.940. The smallest absolute Gasteiger partial charge is 0.306 e. The number of hydrogen-bond donors (Lipinski definition) is 1. The van der Waals surface area contributed by atoms with Crippen molar-refractivity contribution in [1.29, 1.82) is 0 Å². The summed E-state index contributed by atoms with van der Waals surface area (Å²) in [5.41, 5.74) is 1.12. The van der Waals surface area contributed by atoms with Crippen LogP contribution in [0.5, 0.6) is 0 Å². The average Bonchev–Trinajstić information content (AvgIpc) is 2.85. The fourth-order valence-electron chi connectivity index (χ4n) is 2.22. The van der Waals surface area contributed by atoms with Crippen LogP contribution in [0.2, 0.25) is 0 Å². The molecule has 2 heterocycles. The van der Waals surface area contributed by atoms with Gasteiger partial charge in [-0.1, -0.05) is 6.92 Å². The number of carbonyl (C=O) groups is 1. The average molecular weight is 269 g/mol. The second kappa shape index (κ2) is 6.29. The number of carboxylic acid groups (broad SMARTS) is 1. The summed E-state index contributed by atoms with van der Waals surface area (Å²) in [5.74, 6) is -0.535. The maximum Gasteiger partial charge on any atom is 0.306 e. The first-order valence-electron chi connectivity index (χ1n) is 6.45. The van der Waals surface area contributed by atoms with Crippen LogP contribution >= 0.6 is 11.3 Å². The fourth-order valence-corrected chi connectivity index (χ4v) is 3.17. The highest BCUT2D eigenvalue weighted by atomic mass is 32.1. The number of rotatable bonds is 5. The van der Waals surface area contributed by atoms with Crippen LogP contribution < -0.4 is 0 Å². The van der Waals surface area contributed by atoms with Gasteiger partial charge in [-0.3, -0.25) is 4.79 Å². The molecule has 18 heavy (non-hydrogen) atoms. The van der Waals surface area contributed by atoms with E-state index >= 15 is 0 Å². The molecule has 1 aliphatic rings. The number of hydrogen-bond acceptors (Lipinski definition) is 4. The van der Waals surface area contributed by atoms with Gasteiger partial charge in [-0.25, -0.2) is 4.98 Å². The quantitative estimate of drug-likeness (QED) is 0.892. The number of nitrogens with zero attached hydrogens (tertiary/aromatic N) is 1. The molecule has 0 bridgehead atoms. The molecule has 1 unspecified atom stereocenters. The molecule has 0 radical (unpaired) electrons. The molecule has 100 valence electrons. The van der Waals surface area contributed by atoms with Gasteiger partial charge < -0.3 is 9.84 Å². The van der Waals surface area contributed by atoms with Gasteiger partial charge in [0.25, 0.3) is 0 Å². The standard InChI is InChI=1S/C13H19NO3S/c1-2-9(13(15)16)7-12-14-11(8-18-12)10-3-5-17-6-4-10/h8-10H,2-7H2,1H3,(H,15,16). The Kier molecular flexibility index (Phi) is 4.72. The molecule has 5 heteroatoms. The van der Waals surface area contributed by atoms with E-state index in [1.165, 1.54) is 0 Å². The van der Waals surface area contributed by atoms with Crippen molar-refractivity contribution >= 4 is 17.3 Å². The van der Waals surface area contributed by atoms with Gasteiger partial charge in [0.15, 0.2) is 0 Å². The molecule has 0 aromatic carbocycles. The molecule has 0 spiro atoms. The lowest BCUT2D eigenvalue weighted by Gasteiger charge is -2.20. The highest BCUT2D eigenvalue weighted by Gasteiger charge is 2.21. The lowest BCUT2D eigenvalue weighted by molar-refractivity contribution is -0.141. The summed E-state index contributed by atoms with van der Waals surface area (Å²) >= 11 is 1.59. The third-order valence-corrected chi connectivity index (χ3v) is 4.36. The second-order valence-electron chi connectivity index (χ2n) is 4.70. The van der Waals surface area contributed by atoms with E-state index in [0.717, 1.165) is 36.8 Å². The first-order chi connectivity index (χ1) is 8.70. The minimum absolute atomic E-state index is 0.307. The zero-order valence-corrected chi connectivity index (χ0v) is 11.4. The Bertz CT molecular complexity index is 399. The monoisotopic (exact) mass is 269 g/mol. The maximum atomic E-state index is 11.0. The Morgan fingerprint density at radius 1 is 1.61 bits per heavy atom. The minimum Gasteiger partial charge on any atom is -0.481 e. The second-order valence-corrected chi connectivity index (χ2v) is 5.64. The number of carboxylic acids is 1. The molecule has 1 aromatic rings. The molecule has 1 aliphatic heterocycles. The Morgan fingerprint density at radius 2 is 2.33 bits per heavy atom. The van der Waals surface area contributed by atoms with E-state index in [0.29, 0.717) is 18.8 Å². The normalized spacial score (nSPS) is 18.7. The van der Waals surface area contributed by atoms with E-state index < -0.39 is 5.97 Å². The number of ether oxygens (including phenoxy) is 1. The molecule has 1 aromatic heterocycles. The van der Waals surface area contributed by atoms with Gasteiger partial charge >= 0.3 is 5.97 Å². The summed E-state index contributed by atoms with van der Waals surface area (Å²) < 4.78 is 5.34. The highest BCUT2D eigenvalue weighted by Crippen LogP contribution is 2.28. The van der Waals surface area contributed by atoms with Gasteiger partial charge in [0.2, 0.25) is 0 Å². The summed E-state index contributed by atoms with van der Waals surface area (Å²) in [6.45, 7) is 3.53. The van der Waals surface area contributed by atoms with Crippen molar-refractivity contribution < 1.29 is 14.6 Å². The van der Waals surface area contributed by atoms with Crippen molar-refractivity contribution in [2.45, 2.75) is 38.5 Å². The predicted molar refractivity (Wildman–Crippen MR) is 70.0 cm³/mol. The summed E-state index contributed by atoms with van der Waals surface area (Å²) in [6.07, 6.45) is 3.26. The van der Waals surface area contributed by atoms with Gasteiger partial charge in [0, 0.05) is 30.9 Å². The Balaban J connectivity index is 1.98. The number of aliphatic carboxylic acids is 1. The zero-order valence-electron chi connectivity index (χ0n) is 10.6.